The molecule has 1 saturated heterocycles. The summed E-state index contributed by atoms with van der Waals surface area (Å²) in [5.41, 5.74) is 0.898. The Hall–Kier alpha value is -2.21. The predicted octanol–water partition coefficient (Wildman–Crippen LogP) is 2.59. The molecule has 2 aromatic rings. The number of nitrogens with one attached hydrogen (secondary N) is 2. The number of pyridine rings is 2. The lowest BCUT2D eigenvalue weighted by molar-refractivity contribution is 0.143. The smallest absolute Gasteiger partial charge is 0.218 e. The van der Waals surface area contributed by atoms with E-state index in [0.717, 1.165) is 25.1 Å². The monoisotopic (exact) mass is 544 g/mol. The maximum Gasteiger partial charge on any atom is 0.218 e. The quantitative estimate of drug-likeness (QED) is 0.217. The number of nitrogens with zero attached hydrogens (tertiary/aromatic N) is 4. The lowest BCUT2D eigenvalue weighted by Crippen LogP contribution is -2.44. The summed E-state index contributed by atoms with van der Waals surface area (Å²) in [6.07, 6.45) is 4.19. The second kappa shape index (κ2) is 13.3. The number of aromatic nitrogens is 2. The molecule has 0 saturated carbocycles. The van der Waals surface area contributed by atoms with Crippen molar-refractivity contribution in [3.63, 3.8) is 0 Å². The second-order valence-corrected chi connectivity index (χ2v) is 6.89. The summed E-state index contributed by atoms with van der Waals surface area (Å²) in [4.78, 5) is 15.1. The highest BCUT2D eigenvalue weighted by atomic mass is 127. The van der Waals surface area contributed by atoms with Crippen LogP contribution in [0.25, 0.3) is 0 Å². The van der Waals surface area contributed by atoms with Crippen LogP contribution in [0.1, 0.15) is 18.9 Å². The summed E-state index contributed by atoms with van der Waals surface area (Å²) in [6.45, 7) is 5.52. The van der Waals surface area contributed by atoms with E-state index in [-0.39, 0.29) is 35.8 Å². The van der Waals surface area contributed by atoms with Crippen molar-refractivity contribution in [1.29, 1.82) is 0 Å². The highest BCUT2D eigenvalue weighted by molar-refractivity contribution is 14.0. The van der Waals surface area contributed by atoms with Crippen molar-refractivity contribution in [1.82, 2.24) is 20.6 Å². The number of halogens is 2. The lowest BCUT2D eigenvalue weighted by Gasteiger charge is -2.20. The minimum atomic E-state index is -0.295. The van der Waals surface area contributed by atoms with Crippen LogP contribution in [0, 0.1) is 5.82 Å². The Bertz CT molecular complexity index is 841. The summed E-state index contributed by atoms with van der Waals surface area (Å²) < 4.78 is 24.7. The average molecular weight is 544 g/mol. The van der Waals surface area contributed by atoms with Gasteiger partial charge in [-0.05, 0) is 31.5 Å². The van der Waals surface area contributed by atoms with Crippen LogP contribution >= 0.6 is 24.0 Å². The Kier molecular flexibility index (Phi) is 10.7. The highest BCUT2D eigenvalue weighted by Gasteiger charge is 2.26. The first-order chi connectivity index (χ1) is 14.7. The number of guanidine groups is 1. The van der Waals surface area contributed by atoms with Gasteiger partial charge in [0.1, 0.15) is 6.61 Å². The molecule has 3 heterocycles. The van der Waals surface area contributed by atoms with E-state index < -0.39 is 0 Å². The third-order valence-corrected chi connectivity index (χ3v) is 4.70. The Morgan fingerprint density at radius 1 is 1.26 bits per heavy atom. The predicted molar refractivity (Wildman–Crippen MR) is 130 cm³/mol. The molecule has 1 aliphatic rings. The fourth-order valence-corrected chi connectivity index (χ4v) is 3.25. The van der Waals surface area contributed by atoms with Crippen molar-refractivity contribution in [2.75, 3.05) is 44.9 Å². The van der Waals surface area contributed by atoms with Gasteiger partial charge in [-0.25, -0.2) is 19.4 Å². The van der Waals surface area contributed by atoms with Crippen molar-refractivity contribution < 1.29 is 13.9 Å². The van der Waals surface area contributed by atoms with Crippen LogP contribution in [-0.2, 0) is 11.3 Å². The summed E-state index contributed by atoms with van der Waals surface area (Å²) in [7, 11) is 1.63. The van der Waals surface area contributed by atoms with E-state index in [1.54, 1.807) is 25.6 Å². The molecule has 8 nitrogen and oxygen atoms in total. The molecular formula is C21H30FIN6O2. The number of methoxy groups -OCH3 is 1. The van der Waals surface area contributed by atoms with Gasteiger partial charge in [-0.3, -0.25) is 0 Å². The molecule has 0 amide bonds. The van der Waals surface area contributed by atoms with Crippen molar-refractivity contribution in [2.45, 2.75) is 25.9 Å². The minimum absolute atomic E-state index is 0. The summed E-state index contributed by atoms with van der Waals surface area (Å²) in [6, 6.07) is 7.00. The first-order valence-corrected chi connectivity index (χ1v) is 10.2. The van der Waals surface area contributed by atoms with E-state index in [4.69, 9.17) is 9.47 Å². The van der Waals surface area contributed by atoms with E-state index in [0.29, 0.717) is 44.0 Å². The normalized spacial score (nSPS) is 16.0. The van der Waals surface area contributed by atoms with Gasteiger partial charge in [0.2, 0.25) is 5.88 Å². The highest BCUT2D eigenvalue weighted by Crippen LogP contribution is 2.21. The number of aliphatic imine (C=N–C) groups is 1. The van der Waals surface area contributed by atoms with Crippen molar-refractivity contribution in [2.24, 2.45) is 4.99 Å². The van der Waals surface area contributed by atoms with Gasteiger partial charge in [0.15, 0.2) is 17.6 Å². The van der Waals surface area contributed by atoms with Crippen LogP contribution in [0.3, 0.4) is 0 Å². The summed E-state index contributed by atoms with van der Waals surface area (Å²) >= 11 is 0. The van der Waals surface area contributed by atoms with Crippen LogP contribution in [0.2, 0.25) is 0 Å². The first kappa shape index (κ1) is 25.1. The van der Waals surface area contributed by atoms with Crippen LogP contribution in [0.4, 0.5) is 10.2 Å². The lowest BCUT2D eigenvalue weighted by atomic mass is 10.2. The van der Waals surface area contributed by atoms with Crippen LogP contribution in [-0.4, -0.2) is 61.9 Å². The Labute approximate surface area is 199 Å². The molecule has 0 bridgehead atoms. The second-order valence-electron chi connectivity index (χ2n) is 6.89. The molecule has 0 aliphatic carbocycles. The molecule has 1 aliphatic heterocycles. The number of rotatable bonds is 9. The molecule has 0 radical (unpaired) electrons. The van der Waals surface area contributed by atoms with Gasteiger partial charge in [-0.15, -0.1) is 24.0 Å². The van der Waals surface area contributed by atoms with Gasteiger partial charge in [-0.2, -0.15) is 0 Å². The van der Waals surface area contributed by atoms with Crippen LogP contribution in [0.5, 0.6) is 5.88 Å². The zero-order chi connectivity index (χ0) is 21.2. The van der Waals surface area contributed by atoms with Gasteiger partial charge in [0, 0.05) is 50.7 Å². The first-order valence-electron chi connectivity index (χ1n) is 10.2. The summed E-state index contributed by atoms with van der Waals surface area (Å²) in [5, 5.41) is 6.71. The van der Waals surface area contributed by atoms with Gasteiger partial charge in [-0.1, -0.05) is 6.07 Å². The molecule has 0 spiro atoms. The Morgan fingerprint density at radius 2 is 2.06 bits per heavy atom. The number of anilines is 1. The fourth-order valence-electron chi connectivity index (χ4n) is 3.25. The maximum absolute atomic E-state index is 14.0. The van der Waals surface area contributed by atoms with Crippen molar-refractivity contribution >= 4 is 35.8 Å². The summed E-state index contributed by atoms with van der Waals surface area (Å²) in [5.74, 6) is 1.37. The average Bonchev–Trinajstić information content (AvgIpc) is 3.22. The van der Waals surface area contributed by atoms with Crippen LogP contribution in [0.15, 0.2) is 41.7 Å². The molecular weight excluding hydrogens is 514 g/mol. The van der Waals surface area contributed by atoms with Gasteiger partial charge < -0.3 is 25.0 Å². The molecule has 1 fully saturated rings. The van der Waals surface area contributed by atoms with Crippen molar-refractivity contribution in [3.8, 4) is 5.88 Å². The number of ether oxygens (including phenoxy) is 2. The Morgan fingerprint density at radius 3 is 2.84 bits per heavy atom. The molecule has 10 heteroatoms. The molecule has 2 N–H and O–H groups in total. The molecule has 2 aromatic heterocycles. The number of hydrogen-bond acceptors (Lipinski definition) is 6. The van der Waals surface area contributed by atoms with E-state index in [1.165, 1.54) is 6.07 Å². The molecule has 1 atom stereocenters. The molecule has 3 rings (SSSR count). The standard InChI is InChI=1S/C21H29FN6O2.HI/c1-3-23-21(26-14-16-6-4-10-25-20(16)30-13-12-29-2)27-17-8-11-28(15-17)19-18(22)7-5-9-24-19;/h4-7,9-10,17H,3,8,11-15H2,1-2H3,(H2,23,26,27);1H. The zero-order valence-corrected chi connectivity index (χ0v) is 20.2. The van der Waals surface area contributed by atoms with Crippen LogP contribution < -0.4 is 20.3 Å². The molecule has 170 valence electrons. The van der Waals surface area contributed by atoms with E-state index >= 15 is 0 Å². The third kappa shape index (κ3) is 7.46. The van der Waals surface area contributed by atoms with E-state index in [1.807, 2.05) is 24.0 Å². The SMILES string of the molecule is CCNC(=NCc1cccnc1OCCOC)NC1CCN(c2ncccc2F)C1.I. The van der Waals surface area contributed by atoms with Gasteiger partial charge in [0.25, 0.3) is 0 Å². The molecule has 1 unspecified atom stereocenters. The van der Waals surface area contributed by atoms with Gasteiger partial charge >= 0.3 is 0 Å². The topological polar surface area (TPSA) is 83.9 Å². The van der Waals surface area contributed by atoms with E-state index in [9.17, 15) is 4.39 Å². The minimum Gasteiger partial charge on any atom is -0.475 e. The fraction of sp³-hybridized carbons (Fsp3) is 0.476. The molecule has 31 heavy (non-hydrogen) atoms. The third-order valence-electron chi connectivity index (χ3n) is 4.70. The largest absolute Gasteiger partial charge is 0.475 e. The maximum atomic E-state index is 14.0. The zero-order valence-electron chi connectivity index (χ0n) is 17.9. The molecule has 0 aromatic carbocycles. The Balaban J connectivity index is 0.00000341. The van der Waals surface area contributed by atoms with Crippen molar-refractivity contribution in [3.05, 3.63) is 48.0 Å². The van der Waals surface area contributed by atoms with E-state index in [2.05, 4.69) is 25.6 Å². The van der Waals surface area contributed by atoms with Gasteiger partial charge in [0.05, 0.1) is 13.2 Å². The number of hydrogen-bond donors (Lipinski definition) is 2.